The van der Waals surface area contributed by atoms with E-state index in [4.69, 9.17) is 5.73 Å². The maximum Gasteiger partial charge on any atom is 0.326 e. The zero-order valence-electron chi connectivity index (χ0n) is 29.4. The number of rotatable bonds is 8. The Kier molecular flexibility index (Phi) is 11.5. The minimum atomic E-state index is -0.720. The average molecular weight is 834 g/mol. The topological polar surface area (TPSA) is 120 Å². The maximum atomic E-state index is 14.1. The zero-order chi connectivity index (χ0) is 36.2. The quantitative estimate of drug-likeness (QED) is 0.165. The molecular formula is C40H47Br2N7O3. The molecule has 3 aromatic carbocycles. The number of H-pyrrole nitrogens is 1. The van der Waals surface area contributed by atoms with Gasteiger partial charge < -0.3 is 30.7 Å². The molecule has 3 amide bonds. The highest BCUT2D eigenvalue weighted by molar-refractivity contribution is 9.11. The number of nitrogens with two attached hydrogens (primary N) is 1. The number of halogens is 2. The van der Waals surface area contributed by atoms with Crippen LogP contribution in [0.2, 0.25) is 0 Å². The SMILES string of the molecule is Nc1c(Br)cc(C[C@@H](NC(=O)N2CCC(n3cc(-c4ccc(-c5ccccc5)cc4)[nH]c3=O)CC2)C(=O)N2CCC(N3CCCCC3)CC2)cc1Br. The molecule has 0 bridgehead atoms. The van der Waals surface area contributed by atoms with Gasteiger partial charge in [-0.2, -0.15) is 0 Å². The van der Waals surface area contributed by atoms with Crippen LogP contribution in [-0.2, 0) is 11.2 Å². The summed E-state index contributed by atoms with van der Waals surface area (Å²) in [6.45, 7) is 4.65. The van der Waals surface area contributed by atoms with Gasteiger partial charge in [-0.1, -0.05) is 61.0 Å². The lowest BCUT2D eigenvalue weighted by Crippen LogP contribution is -2.56. The van der Waals surface area contributed by atoms with Gasteiger partial charge in [-0.25, -0.2) is 9.59 Å². The standard InChI is InChI=1S/C40H47Br2N7O3/c41-33-23-27(24-34(42)37(33)43)25-35(38(50)47-19-13-31(14-20-47)46-17-5-2-6-18-46)44-39(51)48-21-15-32(16-22-48)49-26-36(45-40(49)52)30-11-9-29(10-12-30)28-7-3-1-4-8-28/h1,3-4,7-12,23-24,26,31-32,35H,2,5-6,13-22,25,43H2,(H,44,51)(H,45,52)/t35-/m1/s1. The summed E-state index contributed by atoms with van der Waals surface area (Å²) in [5.41, 5.74) is 11.5. The monoisotopic (exact) mass is 831 g/mol. The minimum Gasteiger partial charge on any atom is -0.397 e. The van der Waals surface area contributed by atoms with Gasteiger partial charge in [0.1, 0.15) is 6.04 Å². The van der Waals surface area contributed by atoms with Crippen molar-refractivity contribution in [2.45, 2.75) is 69.5 Å². The highest BCUT2D eigenvalue weighted by Gasteiger charge is 2.34. The van der Waals surface area contributed by atoms with Crippen LogP contribution in [0.15, 0.2) is 86.7 Å². The van der Waals surface area contributed by atoms with Crippen LogP contribution in [0.5, 0.6) is 0 Å². The number of nitrogens with one attached hydrogen (secondary N) is 2. The van der Waals surface area contributed by atoms with Crippen LogP contribution in [0.4, 0.5) is 10.5 Å². The third kappa shape index (κ3) is 8.34. The van der Waals surface area contributed by atoms with Gasteiger partial charge in [-0.3, -0.25) is 9.36 Å². The fraction of sp³-hybridized carbons (Fsp3) is 0.425. The van der Waals surface area contributed by atoms with Crippen LogP contribution >= 0.6 is 31.9 Å². The van der Waals surface area contributed by atoms with Crippen molar-refractivity contribution in [3.8, 4) is 22.4 Å². The molecule has 4 heterocycles. The number of amides is 3. The molecule has 4 aromatic rings. The molecule has 1 atom stereocenters. The molecule has 0 spiro atoms. The lowest BCUT2D eigenvalue weighted by molar-refractivity contribution is -0.134. The van der Waals surface area contributed by atoms with Crippen molar-refractivity contribution in [3.63, 3.8) is 0 Å². The number of nitrogen functional groups attached to an aromatic ring is 1. The summed E-state index contributed by atoms with van der Waals surface area (Å²) in [6, 6.07) is 21.7. The molecule has 0 unspecified atom stereocenters. The molecule has 52 heavy (non-hydrogen) atoms. The predicted molar refractivity (Wildman–Crippen MR) is 213 cm³/mol. The molecule has 0 saturated carbocycles. The first-order valence-corrected chi connectivity index (χ1v) is 20.1. The Morgan fingerprint density at radius 1 is 0.769 bits per heavy atom. The Balaban J connectivity index is 0.990. The number of benzene rings is 3. The van der Waals surface area contributed by atoms with Gasteiger partial charge >= 0.3 is 11.7 Å². The number of piperidine rings is 3. The van der Waals surface area contributed by atoms with E-state index in [9.17, 15) is 14.4 Å². The van der Waals surface area contributed by atoms with Gasteiger partial charge in [0, 0.05) is 59.8 Å². The largest absolute Gasteiger partial charge is 0.397 e. The lowest BCUT2D eigenvalue weighted by Gasteiger charge is -2.41. The van der Waals surface area contributed by atoms with E-state index < -0.39 is 6.04 Å². The first kappa shape index (κ1) is 36.5. The van der Waals surface area contributed by atoms with Crippen molar-refractivity contribution >= 4 is 49.5 Å². The zero-order valence-corrected chi connectivity index (χ0v) is 32.6. The van der Waals surface area contributed by atoms with E-state index in [1.165, 1.54) is 19.3 Å². The maximum absolute atomic E-state index is 14.1. The smallest absolute Gasteiger partial charge is 0.326 e. The molecule has 3 fully saturated rings. The van der Waals surface area contributed by atoms with Crippen molar-refractivity contribution in [2.24, 2.45) is 0 Å². The fourth-order valence-electron chi connectivity index (χ4n) is 8.03. The highest BCUT2D eigenvalue weighted by Crippen LogP contribution is 2.31. The number of hydrogen-bond donors (Lipinski definition) is 3. The van der Waals surface area contributed by atoms with Crippen LogP contribution in [0, 0.1) is 0 Å². The van der Waals surface area contributed by atoms with E-state index in [-0.39, 0.29) is 23.7 Å². The summed E-state index contributed by atoms with van der Waals surface area (Å²) >= 11 is 7.07. The summed E-state index contributed by atoms with van der Waals surface area (Å²) in [5, 5.41) is 3.12. The van der Waals surface area contributed by atoms with Crippen molar-refractivity contribution in [1.29, 1.82) is 0 Å². The highest BCUT2D eigenvalue weighted by atomic mass is 79.9. The molecule has 3 saturated heterocycles. The number of carbonyl (C=O) groups is 2. The van der Waals surface area contributed by atoms with Crippen molar-refractivity contribution in [3.05, 3.63) is 97.9 Å². The van der Waals surface area contributed by atoms with Gasteiger partial charge in [0.25, 0.3) is 0 Å². The normalized spacial score (nSPS) is 18.3. The number of aromatic nitrogens is 2. The second-order valence-electron chi connectivity index (χ2n) is 14.4. The molecule has 7 rings (SSSR count). The van der Waals surface area contributed by atoms with Crippen LogP contribution in [0.1, 0.15) is 56.6 Å². The number of likely N-dealkylation sites (tertiary alicyclic amines) is 3. The Morgan fingerprint density at radius 3 is 2.00 bits per heavy atom. The van der Waals surface area contributed by atoms with E-state index in [0.717, 1.165) is 62.8 Å². The summed E-state index contributed by atoms with van der Waals surface area (Å²) in [6.07, 6.45) is 9.24. The number of carbonyl (C=O) groups excluding carboxylic acids is 2. The van der Waals surface area contributed by atoms with E-state index in [0.29, 0.717) is 57.2 Å². The third-order valence-electron chi connectivity index (χ3n) is 11.1. The van der Waals surface area contributed by atoms with Crippen molar-refractivity contribution in [2.75, 3.05) is 45.0 Å². The van der Waals surface area contributed by atoms with Gasteiger partial charge in [-0.05, 0) is 118 Å². The molecule has 3 aliphatic rings. The molecule has 3 aliphatic heterocycles. The van der Waals surface area contributed by atoms with Gasteiger partial charge in [0.05, 0.1) is 11.4 Å². The van der Waals surface area contributed by atoms with Gasteiger partial charge in [-0.15, -0.1) is 0 Å². The number of aromatic amines is 1. The van der Waals surface area contributed by atoms with Crippen LogP contribution in [-0.4, -0.2) is 87.5 Å². The predicted octanol–water partition coefficient (Wildman–Crippen LogP) is 7.05. The molecule has 12 heteroatoms. The van der Waals surface area contributed by atoms with E-state index >= 15 is 0 Å². The molecule has 4 N–H and O–H groups in total. The van der Waals surface area contributed by atoms with Crippen molar-refractivity contribution in [1.82, 2.24) is 29.6 Å². The number of imidazole rings is 1. The summed E-state index contributed by atoms with van der Waals surface area (Å²) in [7, 11) is 0. The third-order valence-corrected chi connectivity index (χ3v) is 12.4. The van der Waals surface area contributed by atoms with Crippen LogP contribution < -0.4 is 16.7 Å². The first-order chi connectivity index (χ1) is 25.2. The average Bonchev–Trinajstić information content (AvgIpc) is 3.58. The molecule has 10 nitrogen and oxygen atoms in total. The van der Waals surface area contributed by atoms with E-state index in [1.54, 1.807) is 9.47 Å². The minimum absolute atomic E-state index is 0.0340. The van der Waals surface area contributed by atoms with Gasteiger partial charge in [0.2, 0.25) is 5.91 Å². The number of nitrogens with zero attached hydrogens (tertiary/aromatic N) is 4. The molecule has 0 aliphatic carbocycles. The number of hydrogen-bond acceptors (Lipinski definition) is 5. The van der Waals surface area contributed by atoms with Gasteiger partial charge in [0.15, 0.2) is 0 Å². The van der Waals surface area contributed by atoms with Crippen LogP contribution in [0.3, 0.4) is 0 Å². The van der Waals surface area contributed by atoms with E-state index in [1.807, 2.05) is 53.6 Å². The van der Waals surface area contributed by atoms with E-state index in [2.05, 4.69) is 71.3 Å². The van der Waals surface area contributed by atoms with Crippen LogP contribution in [0.25, 0.3) is 22.4 Å². The Labute approximate surface area is 322 Å². The first-order valence-electron chi connectivity index (χ1n) is 18.5. The Morgan fingerprint density at radius 2 is 1.35 bits per heavy atom. The molecule has 274 valence electrons. The summed E-state index contributed by atoms with van der Waals surface area (Å²) in [5.74, 6) is -0.0485. The molecule has 0 radical (unpaired) electrons. The summed E-state index contributed by atoms with van der Waals surface area (Å²) in [4.78, 5) is 50.3. The Hall–Kier alpha value is -3.87. The lowest BCUT2D eigenvalue weighted by atomic mass is 9.98. The van der Waals surface area contributed by atoms with Crippen molar-refractivity contribution < 1.29 is 9.59 Å². The molecular weight excluding hydrogens is 786 g/mol. The number of anilines is 1. The summed E-state index contributed by atoms with van der Waals surface area (Å²) < 4.78 is 3.25. The second-order valence-corrected chi connectivity index (χ2v) is 16.1. The fourth-order valence-corrected chi connectivity index (χ4v) is 9.31. The molecule has 1 aromatic heterocycles. The number of urea groups is 1. The second kappa shape index (κ2) is 16.4. The Bertz CT molecular complexity index is 1880.